The molecule has 2 bridgehead atoms. The predicted octanol–water partition coefficient (Wildman–Crippen LogP) is 2.89. The molecular weight excluding hydrogens is 432 g/mol. The van der Waals surface area contributed by atoms with Crippen LogP contribution in [0.4, 0.5) is 0 Å². The molecule has 1 amide bonds. The van der Waals surface area contributed by atoms with E-state index in [9.17, 15) is 9.59 Å². The first-order valence-corrected chi connectivity index (χ1v) is 12.0. The summed E-state index contributed by atoms with van der Waals surface area (Å²) in [6.45, 7) is 4.81. The molecule has 2 aromatic heterocycles. The van der Waals surface area contributed by atoms with Crippen LogP contribution in [0, 0.1) is 5.92 Å². The van der Waals surface area contributed by atoms with Gasteiger partial charge in [-0.25, -0.2) is 0 Å². The minimum Gasteiger partial charge on any atom is -0.483 e. The molecule has 3 aromatic rings. The Kier molecular flexibility index (Phi) is 6.24. The maximum Gasteiger partial charge on any atom is 0.290 e. The molecule has 5 heterocycles. The van der Waals surface area contributed by atoms with Gasteiger partial charge in [-0.3, -0.25) is 19.3 Å². The Morgan fingerprint density at radius 2 is 1.85 bits per heavy atom. The number of aromatic amines is 1. The molecule has 3 aliphatic heterocycles. The van der Waals surface area contributed by atoms with Crippen molar-refractivity contribution in [2.45, 2.75) is 38.3 Å². The highest BCUT2D eigenvalue weighted by Gasteiger charge is 2.37. The first-order chi connectivity index (χ1) is 16.6. The number of aromatic nitrogens is 2. The number of para-hydroxylation sites is 1. The van der Waals surface area contributed by atoms with Crippen molar-refractivity contribution in [3.05, 3.63) is 69.8 Å². The third kappa shape index (κ3) is 4.25. The summed E-state index contributed by atoms with van der Waals surface area (Å²) in [6.07, 6.45) is 3.52. The molecule has 2 N–H and O–H groups in total. The Labute approximate surface area is 197 Å². The number of H-pyrrole nitrogens is 1. The third-order valence-corrected chi connectivity index (χ3v) is 7.32. The highest BCUT2D eigenvalue weighted by atomic mass is 16.3. The quantitative estimate of drug-likeness (QED) is 0.583. The van der Waals surface area contributed by atoms with E-state index < -0.39 is 0 Å². The number of carbonyl (C=O) groups excluding carboxylic acids is 1. The number of rotatable bonds is 3. The summed E-state index contributed by atoms with van der Waals surface area (Å²) >= 11 is 0. The molecular formula is C26H30N4O4. The zero-order valence-electron chi connectivity index (χ0n) is 19.2. The number of hydrogen-bond acceptors (Lipinski definition) is 4. The lowest BCUT2D eigenvalue weighted by Gasteiger charge is -2.42. The average molecular weight is 463 g/mol. The molecule has 8 heteroatoms. The molecule has 2 fully saturated rings. The zero-order valence-corrected chi connectivity index (χ0v) is 19.2. The van der Waals surface area contributed by atoms with Crippen LogP contribution in [0.15, 0.2) is 47.3 Å². The van der Waals surface area contributed by atoms with Crippen molar-refractivity contribution in [3.8, 4) is 0 Å². The number of pyridine rings is 1. The summed E-state index contributed by atoms with van der Waals surface area (Å²) in [7, 11) is 0. The van der Waals surface area contributed by atoms with Crippen LogP contribution in [0.25, 0.3) is 10.9 Å². The number of hydrogen-bond donors (Lipinski definition) is 2. The SMILES string of the molecule is O=C(c1cc2ccccc2[nH]1)N1C[C@@H]2C[C@H](C1)c1ccc(CN3CCCC3)c(=O)n1C2.O=CO. The first-order valence-electron chi connectivity index (χ1n) is 12.0. The lowest BCUT2D eigenvalue weighted by Crippen LogP contribution is -2.49. The normalized spacial score (nSPS) is 21.6. The lowest BCUT2D eigenvalue weighted by atomic mass is 9.83. The molecule has 0 radical (unpaired) electrons. The number of piperidine rings is 1. The Balaban J connectivity index is 0.000000764. The number of benzene rings is 1. The number of fused-ring (bicyclic) bond motifs is 5. The topological polar surface area (TPSA) is 98.6 Å². The average Bonchev–Trinajstić information content (AvgIpc) is 3.51. The van der Waals surface area contributed by atoms with Crippen molar-refractivity contribution >= 4 is 23.3 Å². The van der Waals surface area contributed by atoms with Gasteiger partial charge in [0.15, 0.2) is 0 Å². The van der Waals surface area contributed by atoms with Crippen molar-refractivity contribution in [2.24, 2.45) is 5.92 Å². The molecule has 8 nitrogen and oxygen atoms in total. The number of nitrogens with zero attached hydrogens (tertiary/aromatic N) is 3. The van der Waals surface area contributed by atoms with Gasteiger partial charge in [0.1, 0.15) is 5.69 Å². The second kappa shape index (κ2) is 9.46. The molecule has 34 heavy (non-hydrogen) atoms. The van der Waals surface area contributed by atoms with E-state index in [-0.39, 0.29) is 23.9 Å². The Bertz CT molecular complexity index is 1220. The van der Waals surface area contributed by atoms with E-state index in [2.05, 4.69) is 16.0 Å². The molecule has 2 atom stereocenters. The van der Waals surface area contributed by atoms with E-state index >= 15 is 0 Å². The second-order valence-electron chi connectivity index (χ2n) is 9.57. The number of nitrogens with one attached hydrogen (secondary N) is 1. The summed E-state index contributed by atoms with van der Waals surface area (Å²) in [5.74, 6) is 0.626. The van der Waals surface area contributed by atoms with Gasteiger partial charge in [0, 0.05) is 54.3 Å². The summed E-state index contributed by atoms with van der Waals surface area (Å²) in [5.41, 5.74) is 3.83. The monoisotopic (exact) mass is 462 g/mol. The van der Waals surface area contributed by atoms with Gasteiger partial charge in [0.05, 0.1) is 0 Å². The Morgan fingerprint density at radius 3 is 2.62 bits per heavy atom. The van der Waals surface area contributed by atoms with Gasteiger partial charge < -0.3 is 19.6 Å². The predicted molar refractivity (Wildman–Crippen MR) is 129 cm³/mol. The third-order valence-electron chi connectivity index (χ3n) is 7.32. The largest absolute Gasteiger partial charge is 0.483 e. The molecule has 1 aromatic carbocycles. The van der Waals surface area contributed by atoms with Crippen LogP contribution in [0.2, 0.25) is 0 Å². The smallest absolute Gasteiger partial charge is 0.290 e. The minimum absolute atomic E-state index is 0.0624. The maximum atomic E-state index is 13.2. The molecule has 178 valence electrons. The fourth-order valence-corrected chi connectivity index (χ4v) is 5.82. The summed E-state index contributed by atoms with van der Waals surface area (Å²) in [5, 5.41) is 7.95. The van der Waals surface area contributed by atoms with E-state index in [0.29, 0.717) is 24.7 Å². The van der Waals surface area contributed by atoms with E-state index in [1.54, 1.807) is 0 Å². The summed E-state index contributed by atoms with van der Waals surface area (Å²) in [6, 6.07) is 14.1. The molecule has 6 rings (SSSR count). The van der Waals surface area contributed by atoms with Crippen molar-refractivity contribution in [1.82, 2.24) is 19.4 Å². The molecule has 0 saturated carbocycles. The highest BCUT2D eigenvalue weighted by Crippen LogP contribution is 2.36. The first kappa shape index (κ1) is 22.4. The van der Waals surface area contributed by atoms with Crippen LogP contribution in [-0.4, -0.2) is 63.0 Å². The van der Waals surface area contributed by atoms with Gasteiger partial charge in [-0.2, -0.15) is 0 Å². The van der Waals surface area contributed by atoms with E-state index in [4.69, 9.17) is 9.90 Å². The van der Waals surface area contributed by atoms with Gasteiger partial charge >= 0.3 is 0 Å². The Morgan fingerprint density at radius 1 is 1.09 bits per heavy atom. The van der Waals surface area contributed by atoms with E-state index in [1.165, 1.54) is 12.8 Å². The fraction of sp³-hybridized carbons (Fsp3) is 0.423. The van der Waals surface area contributed by atoms with Crippen LogP contribution >= 0.6 is 0 Å². The van der Waals surface area contributed by atoms with Crippen LogP contribution in [-0.2, 0) is 17.9 Å². The van der Waals surface area contributed by atoms with E-state index in [0.717, 1.165) is 54.8 Å². The number of amides is 1. The number of likely N-dealkylation sites (tertiary alicyclic amines) is 2. The van der Waals surface area contributed by atoms with Gasteiger partial charge in [0.2, 0.25) is 0 Å². The van der Waals surface area contributed by atoms with Crippen LogP contribution in [0.5, 0.6) is 0 Å². The van der Waals surface area contributed by atoms with Crippen LogP contribution in [0.1, 0.15) is 46.9 Å². The van der Waals surface area contributed by atoms with Gasteiger partial charge in [-0.05, 0) is 56.5 Å². The number of carbonyl (C=O) groups is 2. The molecule has 0 spiro atoms. The van der Waals surface area contributed by atoms with Crippen molar-refractivity contribution in [1.29, 1.82) is 0 Å². The van der Waals surface area contributed by atoms with E-state index in [1.807, 2.05) is 45.9 Å². The standard InChI is InChI=1S/C25H28N4O2.CH2O2/c30-24-19(15-27-9-3-4-10-27)7-8-23-20-11-17(14-29(23)24)13-28(16-20)25(31)22-12-18-5-1-2-6-21(18)26-22;2-1-3/h1-2,5-8,12,17,20,26H,3-4,9-11,13-16H2;1H,(H,2,3)/t17-,20+;/m0./s1. The molecule has 0 aliphatic carbocycles. The zero-order chi connectivity index (χ0) is 23.7. The molecule has 2 saturated heterocycles. The second-order valence-corrected chi connectivity index (χ2v) is 9.57. The van der Waals surface area contributed by atoms with Crippen molar-refractivity contribution in [3.63, 3.8) is 0 Å². The minimum atomic E-state index is -0.250. The maximum absolute atomic E-state index is 13.2. The van der Waals surface area contributed by atoms with Gasteiger partial charge in [0.25, 0.3) is 17.9 Å². The fourth-order valence-electron chi connectivity index (χ4n) is 5.82. The van der Waals surface area contributed by atoms with Gasteiger partial charge in [-0.1, -0.05) is 24.3 Å². The lowest BCUT2D eigenvalue weighted by molar-refractivity contribution is -0.122. The highest BCUT2D eigenvalue weighted by molar-refractivity contribution is 5.98. The summed E-state index contributed by atoms with van der Waals surface area (Å²) in [4.78, 5) is 42.5. The Hall–Kier alpha value is -3.39. The van der Waals surface area contributed by atoms with Gasteiger partial charge in [-0.15, -0.1) is 0 Å². The summed E-state index contributed by atoms with van der Waals surface area (Å²) < 4.78 is 2.01. The molecule has 0 unspecified atom stereocenters. The van der Waals surface area contributed by atoms with Crippen LogP contribution < -0.4 is 5.56 Å². The number of carboxylic acid groups (broad SMARTS) is 1. The van der Waals surface area contributed by atoms with Crippen molar-refractivity contribution < 1.29 is 14.7 Å². The van der Waals surface area contributed by atoms with Crippen molar-refractivity contribution in [2.75, 3.05) is 26.2 Å². The molecule has 3 aliphatic rings. The van der Waals surface area contributed by atoms with Crippen LogP contribution in [0.3, 0.4) is 0 Å².